The number of aromatic hydroxyl groups is 1. The van der Waals surface area contributed by atoms with E-state index in [1.54, 1.807) is 12.1 Å². The van der Waals surface area contributed by atoms with Gasteiger partial charge in [-0.25, -0.2) is 0 Å². The molecule has 0 saturated carbocycles. The second-order valence-corrected chi connectivity index (χ2v) is 3.45. The van der Waals surface area contributed by atoms with Crippen LogP contribution in [0.15, 0.2) is 36.4 Å². The molecule has 0 bridgehead atoms. The van der Waals surface area contributed by atoms with Crippen LogP contribution in [-0.4, -0.2) is 16.8 Å². The highest BCUT2D eigenvalue weighted by molar-refractivity contribution is 5.92. The van der Waals surface area contributed by atoms with Crippen molar-refractivity contribution in [2.75, 3.05) is 6.61 Å². The summed E-state index contributed by atoms with van der Waals surface area (Å²) in [5, 5.41) is 20.1. The number of rotatable bonds is 1. The zero-order valence-corrected chi connectivity index (χ0v) is 8.77. The van der Waals surface area contributed by atoms with Crippen LogP contribution < -0.4 is 0 Å². The molecule has 0 aliphatic carbocycles. The first-order valence-electron chi connectivity index (χ1n) is 5.13. The highest BCUT2D eigenvalue weighted by atomic mass is 16.3. The Kier molecular flexibility index (Phi) is 3.09. The van der Waals surface area contributed by atoms with Crippen LogP contribution in [0.2, 0.25) is 0 Å². The van der Waals surface area contributed by atoms with Crippen molar-refractivity contribution >= 4 is 10.8 Å². The molecule has 0 fully saturated rings. The summed E-state index contributed by atoms with van der Waals surface area (Å²) < 4.78 is 0. The quantitative estimate of drug-likeness (QED) is 0.712. The van der Waals surface area contributed by atoms with E-state index in [0.29, 0.717) is 6.42 Å². The van der Waals surface area contributed by atoms with Gasteiger partial charge in [-0.05, 0) is 12.1 Å². The normalized spacial score (nSPS) is 9.81. The first-order valence-corrected chi connectivity index (χ1v) is 5.13. The Morgan fingerprint density at radius 2 is 1.75 bits per heavy atom. The van der Waals surface area contributed by atoms with Gasteiger partial charge >= 0.3 is 0 Å². The number of phenols is 1. The lowest BCUT2D eigenvalue weighted by Gasteiger charge is -2.02. The van der Waals surface area contributed by atoms with Gasteiger partial charge in [-0.2, -0.15) is 0 Å². The van der Waals surface area contributed by atoms with Gasteiger partial charge in [-0.1, -0.05) is 36.1 Å². The van der Waals surface area contributed by atoms with Crippen molar-refractivity contribution in [2.24, 2.45) is 0 Å². The molecule has 0 spiro atoms. The van der Waals surface area contributed by atoms with Crippen LogP contribution in [0.4, 0.5) is 0 Å². The van der Waals surface area contributed by atoms with Crippen molar-refractivity contribution in [3.63, 3.8) is 0 Å². The lowest BCUT2D eigenvalue weighted by molar-refractivity contribution is 0.305. The van der Waals surface area contributed by atoms with Crippen molar-refractivity contribution in [1.82, 2.24) is 0 Å². The summed E-state index contributed by atoms with van der Waals surface area (Å²) in [7, 11) is 0. The van der Waals surface area contributed by atoms with Crippen LogP contribution in [0.3, 0.4) is 0 Å². The molecule has 0 unspecified atom stereocenters. The largest absolute Gasteiger partial charge is 0.507 e. The van der Waals surface area contributed by atoms with Gasteiger partial charge in [0.2, 0.25) is 0 Å². The first-order chi connectivity index (χ1) is 7.83. The lowest BCUT2D eigenvalue weighted by atomic mass is 10.0. The number of benzene rings is 2. The zero-order valence-electron chi connectivity index (χ0n) is 8.77. The molecule has 2 aromatic carbocycles. The Morgan fingerprint density at radius 3 is 2.50 bits per heavy atom. The Balaban J connectivity index is 2.56. The third-order valence-electron chi connectivity index (χ3n) is 2.36. The van der Waals surface area contributed by atoms with Crippen molar-refractivity contribution < 1.29 is 10.2 Å². The summed E-state index contributed by atoms with van der Waals surface area (Å²) in [6, 6.07) is 11.0. The minimum Gasteiger partial charge on any atom is -0.507 e. The van der Waals surface area contributed by atoms with Crippen molar-refractivity contribution in [3.8, 4) is 17.6 Å². The third-order valence-corrected chi connectivity index (χ3v) is 2.36. The van der Waals surface area contributed by atoms with Crippen LogP contribution >= 0.6 is 0 Å². The maximum atomic E-state index is 9.68. The molecule has 0 radical (unpaired) electrons. The van der Waals surface area contributed by atoms with E-state index in [2.05, 4.69) is 11.8 Å². The van der Waals surface area contributed by atoms with Crippen LogP contribution in [0.25, 0.3) is 10.8 Å². The highest BCUT2D eigenvalue weighted by Crippen LogP contribution is 2.26. The number of fused-ring (bicyclic) bond motifs is 1. The van der Waals surface area contributed by atoms with Crippen LogP contribution in [0.5, 0.6) is 5.75 Å². The van der Waals surface area contributed by atoms with E-state index < -0.39 is 0 Å². The van der Waals surface area contributed by atoms with E-state index in [1.807, 2.05) is 24.3 Å². The number of hydrogen-bond donors (Lipinski definition) is 2. The molecule has 2 rings (SSSR count). The summed E-state index contributed by atoms with van der Waals surface area (Å²) in [6.45, 7) is 0.0724. The molecule has 2 nitrogen and oxygen atoms in total. The zero-order chi connectivity index (χ0) is 11.4. The lowest BCUT2D eigenvalue weighted by Crippen LogP contribution is -1.81. The predicted molar refractivity (Wildman–Crippen MR) is 64.2 cm³/mol. The fourth-order valence-electron chi connectivity index (χ4n) is 1.61. The molecule has 0 amide bonds. The summed E-state index contributed by atoms with van der Waals surface area (Å²) in [5.74, 6) is 6.14. The molecule has 0 aromatic heterocycles. The second kappa shape index (κ2) is 4.69. The van der Waals surface area contributed by atoms with Crippen molar-refractivity contribution in [2.45, 2.75) is 6.42 Å². The molecule has 0 aliphatic rings. The molecule has 0 aliphatic heterocycles. The maximum absolute atomic E-state index is 9.68. The van der Waals surface area contributed by atoms with E-state index >= 15 is 0 Å². The third kappa shape index (κ3) is 2.00. The summed E-state index contributed by atoms with van der Waals surface area (Å²) in [5.41, 5.74) is 0.877. The summed E-state index contributed by atoms with van der Waals surface area (Å²) in [6.07, 6.45) is 0.467. The van der Waals surface area contributed by atoms with Gasteiger partial charge in [0.25, 0.3) is 0 Å². The predicted octanol–water partition coefficient (Wildman–Crippen LogP) is 2.28. The number of hydrogen-bond acceptors (Lipinski definition) is 2. The number of aliphatic hydroxyl groups is 1. The molecule has 2 N–H and O–H groups in total. The molecule has 2 heteroatoms. The molecular weight excluding hydrogens is 200 g/mol. The van der Waals surface area contributed by atoms with Gasteiger partial charge in [-0.3, -0.25) is 0 Å². The Hall–Kier alpha value is -1.98. The molecule has 16 heavy (non-hydrogen) atoms. The average Bonchev–Trinajstić information content (AvgIpc) is 2.33. The van der Waals surface area contributed by atoms with Crippen molar-refractivity contribution in [3.05, 3.63) is 42.0 Å². The second-order valence-electron chi connectivity index (χ2n) is 3.45. The van der Waals surface area contributed by atoms with E-state index in [9.17, 15) is 5.11 Å². The van der Waals surface area contributed by atoms with Gasteiger partial charge in [0.1, 0.15) is 5.75 Å². The van der Waals surface area contributed by atoms with E-state index in [-0.39, 0.29) is 12.4 Å². The monoisotopic (exact) mass is 212 g/mol. The van der Waals surface area contributed by atoms with Crippen LogP contribution in [-0.2, 0) is 0 Å². The SMILES string of the molecule is OCCC#Cc1ccc(O)c2ccccc12. The van der Waals surface area contributed by atoms with Gasteiger partial charge in [0.05, 0.1) is 6.61 Å². The van der Waals surface area contributed by atoms with E-state index in [0.717, 1.165) is 16.3 Å². The van der Waals surface area contributed by atoms with E-state index in [1.165, 1.54) is 0 Å². The molecule has 0 saturated heterocycles. The summed E-state index contributed by atoms with van der Waals surface area (Å²) in [4.78, 5) is 0. The van der Waals surface area contributed by atoms with E-state index in [4.69, 9.17) is 5.11 Å². The number of aliphatic hydroxyl groups excluding tert-OH is 1. The molecule has 0 atom stereocenters. The Bertz CT molecular complexity index is 562. The maximum Gasteiger partial charge on any atom is 0.123 e. The molecule has 0 heterocycles. The van der Waals surface area contributed by atoms with Gasteiger partial charge in [0, 0.05) is 22.8 Å². The topological polar surface area (TPSA) is 40.5 Å². The summed E-state index contributed by atoms with van der Waals surface area (Å²) >= 11 is 0. The number of phenolic OH excluding ortho intramolecular Hbond substituents is 1. The van der Waals surface area contributed by atoms with Crippen LogP contribution in [0, 0.1) is 11.8 Å². The molecule has 80 valence electrons. The molecular formula is C14H12O2. The average molecular weight is 212 g/mol. The highest BCUT2D eigenvalue weighted by Gasteiger charge is 2.01. The molecule has 2 aromatic rings. The van der Waals surface area contributed by atoms with Gasteiger partial charge in [0.15, 0.2) is 0 Å². The Morgan fingerprint density at radius 1 is 1.00 bits per heavy atom. The van der Waals surface area contributed by atoms with Gasteiger partial charge in [-0.15, -0.1) is 0 Å². The first kappa shape index (κ1) is 10.5. The van der Waals surface area contributed by atoms with Crippen LogP contribution in [0.1, 0.15) is 12.0 Å². The fraction of sp³-hybridized carbons (Fsp3) is 0.143. The fourth-order valence-corrected chi connectivity index (χ4v) is 1.61. The smallest absolute Gasteiger partial charge is 0.123 e. The van der Waals surface area contributed by atoms with Crippen molar-refractivity contribution in [1.29, 1.82) is 0 Å². The Labute approximate surface area is 94.2 Å². The minimum atomic E-state index is 0.0724. The standard InChI is InChI=1S/C14H12O2/c15-10-4-3-5-11-8-9-14(16)13-7-2-1-6-12(11)13/h1-2,6-9,15-16H,4,10H2. The minimum absolute atomic E-state index is 0.0724. The van der Waals surface area contributed by atoms with Gasteiger partial charge < -0.3 is 10.2 Å².